The maximum absolute atomic E-state index is 9.56. The third-order valence-electron chi connectivity index (χ3n) is 1.98. The predicted molar refractivity (Wildman–Crippen MR) is 56.0 cm³/mol. The molecule has 13 heavy (non-hydrogen) atoms. The molecular formula is C12H16O. The lowest BCUT2D eigenvalue weighted by atomic mass is 10.1. The molecule has 0 radical (unpaired) electrons. The monoisotopic (exact) mass is 176 g/mol. The second-order valence-electron chi connectivity index (χ2n) is 3.22. The summed E-state index contributed by atoms with van der Waals surface area (Å²) in [6, 6.07) is 5.80. The van der Waals surface area contributed by atoms with Gasteiger partial charge >= 0.3 is 0 Å². The second-order valence-corrected chi connectivity index (χ2v) is 3.22. The normalized spacial score (nSPS) is 10.9. The van der Waals surface area contributed by atoms with Crippen LogP contribution in [-0.4, -0.2) is 5.11 Å². The summed E-state index contributed by atoms with van der Waals surface area (Å²) in [5.74, 6) is 0.403. The zero-order valence-electron chi connectivity index (χ0n) is 8.25. The molecule has 0 unspecified atom stereocenters. The van der Waals surface area contributed by atoms with Crippen LogP contribution in [0.1, 0.15) is 24.5 Å². The van der Waals surface area contributed by atoms with Crippen molar-refractivity contribution in [2.45, 2.75) is 26.7 Å². The van der Waals surface area contributed by atoms with Crippen molar-refractivity contribution in [3.63, 3.8) is 0 Å². The van der Waals surface area contributed by atoms with E-state index in [1.807, 2.05) is 19.1 Å². The van der Waals surface area contributed by atoms with E-state index in [1.165, 1.54) is 0 Å². The molecule has 0 atom stereocenters. The molecule has 1 heteroatoms. The number of hydrogen-bond donors (Lipinski definition) is 1. The Morgan fingerprint density at radius 3 is 2.69 bits per heavy atom. The Morgan fingerprint density at radius 2 is 2.08 bits per heavy atom. The molecule has 0 aliphatic carbocycles. The third kappa shape index (κ3) is 2.94. The highest BCUT2D eigenvalue weighted by atomic mass is 16.3. The first-order valence-electron chi connectivity index (χ1n) is 4.67. The number of phenolic OH excluding ortho intramolecular Hbond substituents is 1. The minimum Gasteiger partial charge on any atom is -0.508 e. The summed E-state index contributed by atoms with van der Waals surface area (Å²) < 4.78 is 0. The first kappa shape index (κ1) is 9.85. The van der Waals surface area contributed by atoms with E-state index in [2.05, 4.69) is 19.1 Å². The summed E-state index contributed by atoms with van der Waals surface area (Å²) >= 11 is 0. The smallest absolute Gasteiger partial charge is 0.119 e. The van der Waals surface area contributed by atoms with Crippen LogP contribution in [0.4, 0.5) is 0 Å². The molecule has 1 aromatic carbocycles. The zero-order valence-corrected chi connectivity index (χ0v) is 8.25. The van der Waals surface area contributed by atoms with E-state index in [1.54, 1.807) is 6.07 Å². The van der Waals surface area contributed by atoms with E-state index in [0.717, 1.165) is 24.0 Å². The maximum atomic E-state index is 9.56. The summed E-state index contributed by atoms with van der Waals surface area (Å²) in [5, 5.41) is 9.56. The van der Waals surface area contributed by atoms with E-state index < -0.39 is 0 Å². The Labute approximate surface area is 79.7 Å². The van der Waals surface area contributed by atoms with E-state index in [-0.39, 0.29) is 0 Å². The van der Waals surface area contributed by atoms with Gasteiger partial charge in [-0.3, -0.25) is 0 Å². The first-order chi connectivity index (χ1) is 6.24. The van der Waals surface area contributed by atoms with Crippen molar-refractivity contribution >= 4 is 0 Å². The number of aromatic hydroxyl groups is 1. The van der Waals surface area contributed by atoms with E-state index in [0.29, 0.717) is 5.75 Å². The molecule has 70 valence electrons. The van der Waals surface area contributed by atoms with Gasteiger partial charge in [-0.25, -0.2) is 0 Å². The second kappa shape index (κ2) is 4.70. The number of rotatable bonds is 3. The van der Waals surface area contributed by atoms with Crippen molar-refractivity contribution in [2.75, 3.05) is 0 Å². The van der Waals surface area contributed by atoms with Gasteiger partial charge in [-0.15, -0.1) is 0 Å². The van der Waals surface area contributed by atoms with Gasteiger partial charge in [0.05, 0.1) is 0 Å². The highest BCUT2D eigenvalue weighted by Crippen LogP contribution is 2.18. The zero-order chi connectivity index (χ0) is 9.68. The van der Waals surface area contributed by atoms with Crippen LogP contribution in [0.15, 0.2) is 30.4 Å². The molecule has 1 rings (SSSR count). The molecule has 0 bridgehead atoms. The number of hydrogen-bond acceptors (Lipinski definition) is 1. The molecule has 0 fully saturated rings. The third-order valence-corrected chi connectivity index (χ3v) is 1.98. The van der Waals surface area contributed by atoms with Gasteiger partial charge in [-0.1, -0.05) is 31.2 Å². The van der Waals surface area contributed by atoms with Crippen molar-refractivity contribution in [3.8, 4) is 5.75 Å². The lowest BCUT2D eigenvalue weighted by Crippen LogP contribution is -1.83. The molecule has 0 saturated heterocycles. The fraction of sp³-hybridized carbons (Fsp3) is 0.333. The maximum Gasteiger partial charge on any atom is 0.119 e. The topological polar surface area (TPSA) is 20.2 Å². The Hall–Kier alpha value is -1.24. The van der Waals surface area contributed by atoms with Crippen molar-refractivity contribution in [2.24, 2.45) is 0 Å². The first-order valence-corrected chi connectivity index (χ1v) is 4.67. The van der Waals surface area contributed by atoms with Crippen LogP contribution in [0.3, 0.4) is 0 Å². The molecule has 0 aliphatic heterocycles. The number of aryl methyl sites for hydroxylation is 1. The summed E-state index contributed by atoms with van der Waals surface area (Å²) in [6.07, 6.45) is 6.07. The highest BCUT2D eigenvalue weighted by Gasteiger charge is 1.97. The van der Waals surface area contributed by atoms with Gasteiger partial charge in [0.15, 0.2) is 0 Å². The lowest BCUT2D eigenvalue weighted by Gasteiger charge is -2.01. The Bertz CT molecular complexity index is 300. The number of phenols is 1. The molecule has 1 nitrogen and oxygen atoms in total. The van der Waals surface area contributed by atoms with Gasteiger partial charge in [-0.2, -0.15) is 0 Å². The van der Waals surface area contributed by atoms with Crippen molar-refractivity contribution in [1.29, 1.82) is 0 Å². The largest absolute Gasteiger partial charge is 0.508 e. The van der Waals surface area contributed by atoms with Gasteiger partial charge in [0.2, 0.25) is 0 Å². The Morgan fingerprint density at radius 1 is 1.31 bits per heavy atom. The van der Waals surface area contributed by atoms with E-state index >= 15 is 0 Å². The fourth-order valence-electron chi connectivity index (χ4n) is 1.22. The fourth-order valence-corrected chi connectivity index (χ4v) is 1.22. The van der Waals surface area contributed by atoms with Gasteiger partial charge in [0.1, 0.15) is 5.75 Å². The van der Waals surface area contributed by atoms with Crippen molar-refractivity contribution in [1.82, 2.24) is 0 Å². The predicted octanol–water partition coefficient (Wildman–Crippen LogP) is 3.21. The molecule has 0 heterocycles. The minimum absolute atomic E-state index is 0.403. The average Bonchev–Trinajstić information content (AvgIpc) is 2.09. The summed E-state index contributed by atoms with van der Waals surface area (Å²) in [4.78, 5) is 0. The summed E-state index contributed by atoms with van der Waals surface area (Å²) in [6.45, 7) is 4.08. The Kier molecular flexibility index (Phi) is 3.56. The average molecular weight is 176 g/mol. The van der Waals surface area contributed by atoms with Crippen LogP contribution < -0.4 is 0 Å². The standard InChI is InChI=1S/C12H16O/c1-3-4-5-6-11-8-7-10(2)9-12(11)13/h4-5,7-9,13H,3,6H2,1-2H3/b5-4+. The van der Waals surface area contributed by atoms with Gasteiger partial charge in [-0.05, 0) is 37.0 Å². The summed E-state index contributed by atoms with van der Waals surface area (Å²) in [7, 11) is 0. The van der Waals surface area contributed by atoms with Crippen LogP contribution >= 0.6 is 0 Å². The number of benzene rings is 1. The quantitative estimate of drug-likeness (QED) is 0.701. The van der Waals surface area contributed by atoms with E-state index in [9.17, 15) is 5.11 Å². The van der Waals surface area contributed by atoms with E-state index in [4.69, 9.17) is 0 Å². The molecule has 1 N–H and O–H groups in total. The molecular weight excluding hydrogens is 160 g/mol. The molecule has 0 aromatic heterocycles. The van der Waals surface area contributed by atoms with Crippen LogP contribution in [0.25, 0.3) is 0 Å². The molecule has 0 saturated carbocycles. The molecule has 0 aliphatic rings. The van der Waals surface area contributed by atoms with Crippen LogP contribution in [0.5, 0.6) is 5.75 Å². The van der Waals surface area contributed by atoms with Gasteiger partial charge in [0.25, 0.3) is 0 Å². The highest BCUT2D eigenvalue weighted by molar-refractivity contribution is 5.36. The SMILES string of the molecule is CC/C=C/Cc1ccc(C)cc1O. The van der Waals surface area contributed by atoms with Crippen LogP contribution in [-0.2, 0) is 6.42 Å². The van der Waals surface area contributed by atoms with Gasteiger partial charge < -0.3 is 5.11 Å². The van der Waals surface area contributed by atoms with Crippen molar-refractivity contribution in [3.05, 3.63) is 41.5 Å². The Balaban J connectivity index is 2.72. The molecule has 0 spiro atoms. The van der Waals surface area contributed by atoms with Crippen LogP contribution in [0, 0.1) is 6.92 Å². The molecule has 1 aromatic rings. The van der Waals surface area contributed by atoms with Crippen molar-refractivity contribution < 1.29 is 5.11 Å². The lowest BCUT2D eigenvalue weighted by molar-refractivity contribution is 0.469. The minimum atomic E-state index is 0.403. The number of allylic oxidation sites excluding steroid dienone is 2. The molecule has 0 amide bonds. The summed E-state index contributed by atoms with van der Waals surface area (Å²) in [5.41, 5.74) is 2.09. The van der Waals surface area contributed by atoms with Crippen LogP contribution in [0.2, 0.25) is 0 Å². The van der Waals surface area contributed by atoms with Gasteiger partial charge in [0, 0.05) is 0 Å².